The fourth-order valence-corrected chi connectivity index (χ4v) is 4.76. The molecule has 0 spiro atoms. The van der Waals surface area contributed by atoms with E-state index in [0.717, 1.165) is 32.0 Å². The minimum absolute atomic E-state index is 0. The van der Waals surface area contributed by atoms with Gasteiger partial charge in [-0.25, -0.2) is 12.7 Å². The normalized spacial score (nSPS) is 24.1. The van der Waals surface area contributed by atoms with Crippen molar-refractivity contribution in [3.8, 4) is 0 Å². The van der Waals surface area contributed by atoms with Crippen LogP contribution in [0.5, 0.6) is 0 Å². The smallest absolute Gasteiger partial charge is 0.211 e. The Morgan fingerprint density at radius 2 is 1.92 bits per heavy atom. The lowest BCUT2D eigenvalue weighted by Crippen LogP contribution is -2.41. The molecule has 25 heavy (non-hydrogen) atoms. The maximum Gasteiger partial charge on any atom is 0.211 e. The Bertz CT molecular complexity index is 533. The van der Waals surface area contributed by atoms with Crippen LogP contribution in [0, 0.1) is 11.3 Å². The van der Waals surface area contributed by atoms with Crippen LogP contribution in [-0.2, 0) is 10.0 Å². The van der Waals surface area contributed by atoms with Crippen molar-refractivity contribution in [2.45, 2.75) is 52.4 Å². The maximum atomic E-state index is 11.6. The summed E-state index contributed by atoms with van der Waals surface area (Å²) in [4.78, 5) is 4.83. The lowest BCUT2D eigenvalue weighted by molar-refractivity contribution is 0.297. The monoisotopic (exact) mass is 486 g/mol. The highest BCUT2D eigenvalue weighted by Gasteiger charge is 2.32. The van der Waals surface area contributed by atoms with Gasteiger partial charge in [0, 0.05) is 32.7 Å². The van der Waals surface area contributed by atoms with E-state index in [4.69, 9.17) is 4.99 Å². The van der Waals surface area contributed by atoms with Crippen LogP contribution in [0.1, 0.15) is 52.4 Å². The molecular formula is C17H35IN4O2S. The Labute approximate surface area is 170 Å². The van der Waals surface area contributed by atoms with Crippen molar-refractivity contribution in [2.75, 3.05) is 39.0 Å². The van der Waals surface area contributed by atoms with E-state index in [9.17, 15) is 8.42 Å². The van der Waals surface area contributed by atoms with Crippen molar-refractivity contribution in [1.29, 1.82) is 0 Å². The summed E-state index contributed by atoms with van der Waals surface area (Å²) in [7, 11) is -3.06. The van der Waals surface area contributed by atoms with Crippen molar-refractivity contribution >= 4 is 40.0 Å². The van der Waals surface area contributed by atoms with Crippen LogP contribution in [0.15, 0.2) is 4.99 Å². The second kappa shape index (κ2) is 10.3. The molecule has 0 bridgehead atoms. The van der Waals surface area contributed by atoms with Crippen LogP contribution in [0.4, 0.5) is 0 Å². The highest BCUT2D eigenvalue weighted by atomic mass is 127. The third kappa shape index (κ3) is 6.86. The van der Waals surface area contributed by atoms with E-state index < -0.39 is 10.0 Å². The number of aliphatic imine (C=N–C) groups is 1. The van der Waals surface area contributed by atoms with Crippen LogP contribution in [0.25, 0.3) is 0 Å². The summed E-state index contributed by atoms with van der Waals surface area (Å²) in [6.07, 6.45) is 8.64. The predicted octanol–water partition coefficient (Wildman–Crippen LogP) is 2.41. The lowest BCUT2D eigenvalue weighted by Gasteiger charge is -2.26. The molecule has 0 aromatic rings. The van der Waals surface area contributed by atoms with Gasteiger partial charge in [0.2, 0.25) is 10.0 Å². The van der Waals surface area contributed by atoms with E-state index in [-0.39, 0.29) is 24.0 Å². The minimum atomic E-state index is -3.06. The van der Waals surface area contributed by atoms with Gasteiger partial charge in [0.05, 0.1) is 6.26 Å². The number of nitrogens with zero attached hydrogens (tertiary/aromatic N) is 2. The fraction of sp³-hybridized carbons (Fsp3) is 0.941. The van der Waals surface area contributed by atoms with Crippen molar-refractivity contribution in [2.24, 2.45) is 16.3 Å². The Hall–Kier alpha value is -0.0900. The van der Waals surface area contributed by atoms with Crippen molar-refractivity contribution in [1.82, 2.24) is 14.9 Å². The van der Waals surface area contributed by atoms with Gasteiger partial charge < -0.3 is 10.6 Å². The van der Waals surface area contributed by atoms with Gasteiger partial charge in [0.1, 0.15) is 0 Å². The van der Waals surface area contributed by atoms with Gasteiger partial charge in [-0.05, 0) is 43.9 Å². The summed E-state index contributed by atoms with van der Waals surface area (Å²) < 4.78 is 24.8. The fourth-order valence-electron chi connectivity index (χ4n) is 3.84. The zero-order valence-electron chi connectivity index (χ0n) is 15.9. The Kier molecular flexibility index (Phi) is 9.45. The topological polar surface area (TPSA) is 73.8 Å². The average Bonchev–Trinajstić information content (AvgIpc) is 3.19. The third-order valence-electron chi connectivity index (χ3n) is 5.61. The van der Waals surface area contributed by atoms with Gasteiger partial charge in [-0.15, -0.1) is 24.0 Å². The first-order valence-corrected chi connectivity index (χ1v) is 11.2. The molecule has 2 N–H and O–H groups in total. The number of halogens is 1. The number of hydrogen-bond acceptors (Lipinski definition) is 3. The zero-order chi connectivity index (χ0) is 17.6. The van der Waals surface area contributed by atoms with Crippen LogP contribution >= 0.6 is 24.0 Å². The molecule has 0 radical (unpaired) electrons. The largest absolute Gasteiger partial charge is 0.357 e. The highest BCUT2D eigenvalue weighted by Crippen LogP contribution is 2.41. The van der Waals surface area contributed by atoms with Crippen LogP contribution in [-0.4, -0.2) is 57.7 Å². The number of nitrogens with one attached hydrogen (secondary N) is 2. The molecule has 148 valence electrons. The number of rotatable bonds is 7. The van der Waals surface area contributed by atoms with Crippen LogP contribution in [0.2, 0.25) is 0 Å². The molecule has 6 nitrogen and oxygen atoms in total. The molecule has 1 unspecified atom stereocenters. The van der Waals surface area contributed by atoms with E-state index in [2.05, 4.69) is 24.5 Å². The first kappa shape index (κ1) is 23.0. The molecule has 0 amide bonds. The quantitative estimate of drug-likeness (QED) is 0.329. The molecular weight excluding hydrogens is 451 g/mol. The molecule has 2 aliphatic rings. The lowest BCUT2D eigenvalue weighted by atomic mass is 9.84. The first-order chi connectivity index (χ1) is 11.4. The number of guanidine groups is 1. The Morgan fingerprint density at radius 3 is 2.44 bits per heavy atom. The summed E-state index contributed by atoms with van der Waals surface area (Å²) in [6, 6.07) is 0. The summed E-state index contributed by atoms with van der Waals surface area (Å²) in [6.45, 7) is 8.10. The van der Waals surface area contributed by atoms with Crippen LogP contribution < -0.4 is 10.6 Å². The van der Waals surface area contributed by atoms with Gasteiger partial charge in [-0.2, -0.15) is 0 Å². The van der Waals surface area contributed by atoms with Gasteiger partial charge >= 0.3 is 0 Å². The van der Waals surface area contributed by atoms with Crippen molar-refractivity contribution in [3.05, 3.63) is 0 Å². The van der Waals surface area contributed by atoms with Crippen LogP contribution in [0.3, 0.4) is 0 Å². The average molecular weight is 486 g/mol. The van der Waals surface area contributed by atoms with E-state index in [0.29, 0.717) is 24.4 Å². The number of hydrogen-bond donors (Lipinski definition) is 2. The van der Waals surface area contributed by atoms with E-state index in [1.54, 1.807) is 4.31 Å². The number of sulfonamides is 1. The molecule has 2 fully saturated rings. The van der Waals surface area contributed by atoms with Gasteiger partial charge in [-0.1, -0.05) is 19.8 Å². The van der Waals surface area contributed by atoms with Gasteiger partial charge in [0.25, 0.3) is 0 Å². The first-order valence-electron chi connectivity index (χ1n) is 9.36. The predicted molar refractivity (Wildman–Crippen MR) is 115 cm³/mol. The molecule has 1 saturated carbocycles. The molecule has 8 heteroatoms. The molecule has 0 aromatic carbocycles. The summed E-state index contributed by atoms with van der Waals surface area (Å²) in [5.41, 5.74) is 0.392. The second-order valence-corrected chi connectivity index (χ2v) is 9.39. The Morgan fingerprint density at radius 1 is 1.24 bits per heavy atom. The SMILES string of the molecule is CCNC(=NCC1(CC)CCCC1)NCC1CCN(S(C)(=O)=O)C1.I. The molecule has 1 heterocycles. The Balaban J connectivity index is 0.00000312. The minimum Gasteiger partial charge on any atom is -0.357 e. The van der Waals surface area contributed by atoms with Crippen molar-refractivity contribution in [3.63, 3.8) is 0 Å². The van der Waals surface area contributed by atoms with E-state index in [1.807, 2.05) is 0 Å². The molecule has 1 saturated heterocycles. The third-order valence-corrected chi connectivity index (χ3v) is 6.88. The van der Waals surface area contributed by atoms with Gasteiger partial charge in [-0.3, -0.25) is 4.99 Å². The molecule has 1 aliphatic carbocycles. The standard InChI is InChI=1S/C17H34N4O2S.HI/c1-4-17(9-6-7-10-17)14-20-16(18-5-2)19-12-15-8-11-21(13-15)24(3,22)23;/h15H,4-14H2,1-3H3,(H2,18,19,20);1H. The summed E-state index contributed by atoms with van der Waals surface area (Å²) in [5.74, 6) is 1.23. The van der Waals surface area contributed by atoms with Gasteiger partial charge in [0.15, 0.2) is 5.96 Å². The highest BCUT2D eigenvalue weighted by molar-refractivity contribution is 14.0. The summed E-state index contributed by atoms with van der Waals surface area (Å²) >= 11 is 0. The molecule has 1 atom stereocenters. The van der Waals surface area contributed by atoms with E-state index in [1.165, 1.54) is 38.4 Å². The van der Waals surface area contributed by atoms with E-state index >= 15 is 0 Å². The zero-order valence-corrected chi connectivity index (χ0v) is 19.0. The summed E-state index contributed by atoms with van der Waals surface area (Å²) in [5, 5.41) is 6.74. The molecule has 2 rings (SSSR count). The maximum absolute atomic E-state index is 11.6. The second-order valence-electron chi connectivity index (χ2n) is 7.41. The molecule has 0 aromatic heterocycles. The molecule has 1 aliphatic heterocycles. The van der Waals surface area contributed by atoms with Crippen molar-refractivity contribution < 1.29 is 8.42 Å².